The molecule has 1 N–H and O–H groups in total. The highest BCUT2D eigenvalue weighted by Crippen LogP contribution is 2.28. The van der Waals surface area contributed by atoms with Crippen LogP contribution < -0.4 is 15.1 Å². The van der Waals surface area contributed by atoms with Crippen LogP contribution in [0.5, 0.6) is 0 Å². The van der Waals surface area contributed by atoms with Crippen molar-refractivity contribution in [1.82, 2.24) is 5.32 Å². The van der Waals surface area contributed by atoms with Gasteiger partial charge in [0.15, 0.2) is 0 Å². The maximum Gasteiger partial charge on any atom is 0.227 e. The van der Waals surface area contributed by atoms with E-state index < -0.39 is 0 Å². The zero-order chi connectivity index (χ0) is 18.4. The predicted octanol–water partition coefficient (Wildman–Crippen LogP) is 3.34. The average molecular weight is 357 g/mol. The second-order valence-electron chi connectivity index (χ2n) is 7.47. The lowest BCUT2D eigenvalue weighted by Crippen LogP contribution is -2.33. The summed E-state index contributed by atoms with van der Waals surface area (Å²) in [6.45, 7) is 5.61. The van der Waals surface area contributed by atoms with Gasteiger partial charge in [0, 0.05) is 44.0 Å². The first-order chi connectivity index (χ1) is 12.7. The first kappa shape index (κ1) is 18.7. The molecule has 0 radical (unpaired) electrons. The monoisotopic (exact) mass is 357 g/mol. The molecule has 2 aliphatic heterocycles. The maximum absolute atomic E-state index is 12.4. The van der Waals surface area contributed by atoms with Gasteiger partial charge in [-0.2, -0.15) is 0 Å². The smallest absolute Gasteiger partial charge is 0.227 e. The van der Waals surface area contributed by atoms with Crippen molar-refractivity contribution in [3.05, 3.63) is 24.3 Å². The Bertz CT molecular complexity index is 608. The quantitative estimate of drug-likeness (QED) is 0.726. The Morgan fingerprint density at radius 2 is 1.77 bits per heavy atom. The van der Waals surface area contributed by atoms with Crippen molar-refractivity contribution in [3.63, 3.8) is 0 Å². The molecule has 0 spiro atoms. The Morgan fingerprint density at radius 1 is 1.08 bits per heavy atom. The van der Waals surface area contributed by atoms with E-state index >= 15 is 0 Å². The molecule has 2 fully saturated rings. The minimum absolute atomic E-state index is 0.0195. The average Bonchev–Trinajstić information content (AvgIpc) is 3.31. The summed E-state index contributed by atoms with van der Waals surface area (Å²) in [7, 11) is 0. The number of carbonyl (C=O) groups is 2. The van der Waals surface area contributed by atoms with Crippen LogP contribution in [0.3, 0.4) is 0 Å². The Morgan fingerprint density at radius 3 is 2.46 bits per heavy atom. The second kappa shape index (κ2) is 9.06. The largest absolute Gasteiger partial charge is 0.372 e. The standard InChI is InChI=1S/C21H31N3O2/c1-2-3-4-5-12-22-21(26)17-15-20(25)24(16-17)19-10-8-18(9-11-19)23-13-6-7-14-23/h8-11,17H,2-7,12-16H2,1H3,(H,22,26). The van der Waals surface area contributed by atoms with Crippen LogP contribution in [0.4, 0.5) is 11.4 Å². The molecule has 2 saturated heterocycles. The molecule has 142 valence electrons. The van der Waals surface area contributed by atoms with Gasteiger partial charge in [-0.15, -0.1) is 0 Å². The third kappa shape index (κ3) is 4.57. The summed E-state index contributed by atoms with van der Waals surface area (Å²) in [4.78, 5) is 28.9. The molecule has 26 heavy (non-hydrogen) atoms. The SMILES string of the molecule is CCCCCCNC(=O)C1CC(=O)N(c2ccc(N3CCCC3)cc2)C1. The molecule has 5 heteroatoms. The number of benzene rings is 1. The highest BCUT2D eigenvalue weighted by atomic mass is 16.2. The topological polar surface area (TPSA) is 52.7 Å². The van der Waals surface area contributed by atoms with Gasteiger partial charge in [-0.25, -0.2) is 0 Å². The Labute approximate surface area is 156 Å². The van der Waals surface area contributed by atoms with Crippen molar-refractivity contribution < 1.29 is 9.59 Å². The van der Waals surface area contributed by atoms with Gasteiger partial charge >= 0.3 is 0 Å². The fraction of sp³-hybridized carbons (Fsp3) is 0.619. The van der Waals surface area contributed by atoms with E-state index in [-0.39, 0.29) is 17.7 Å². The van der Waals surface area contributed by atoms with Crippen molar-refractivity contribution in [3.8, 4) is 0 Å². The van der Waals surface area contributed by atoms with Gasteiger partial charge in [-0.1, -0.05) is 26.2 Å². The number of rotatable bonds is 8. The summed E-state index contributed by atoms with van der Waals surface area (Å²) in [5.41, 5.74) is 2.12. The fourth-order valence-electron chi connectivity index (χ4n) is 3.86. The van der Waals surface area contributed by atoms with E-state index in [1.54, 1.807) is 4.90 Å². The van der Waals surface area contributed by atoms with Crippen LogP contribution in [-0.2, 0) is 9.59 Å². The Balaban J connectivity index is 1.51. The molecule has 0 saturated carbocycles. The number of carbonyl (C=O) groups excluding carboxylic acids is 2. The second-order valence-corrected chi connectivity index (χ2v) is 7.47. The summed E-state index contributed by atoms with van der Waals surface area (Å²) in [5.74, 6) is -0.164. The van der Waals surface area contributed by atoms with Gasteiger partial charge in [0.1, 0.15) is 0 Å². The molecular formula is C21H31N3O2. The Kier molecular flexibility index (Phi) is 6.53. The fourth-order valence-corrected chi connectivity index (χ4v) is 3.86. The van der Waals surface area contributed by atoms with Gasteiger partial charge in [-0.05, 0) is 43.5 Å². The van der Waals surface area contributed by atoms with E-state index in [2.05, 4.69) is 29.3 Å². The number of anilines is 2. The van der Waals surface area contributed by atoms with Crippen LogP contribution >= 0.6 is 0 Å². The van der Waals surface area contributed by atoms with Crippen LogP contribution in [0.15, 0.2) is 24.3 Å². The molecule has 0 bridgehead atoms. The van der Waals surface area contributed by atoms with E-state index in [0.717, 1.165) is 31.6 Å². The first-order valence-electron chi connectivity index (χ1n) is 10.1. The molecular weight excluding hydrogens is 326 g/mol. The van der Waals surface area contributed by atoms with E-state index in [1.165, 1.54) is 31.4 Å². The molecule has 1 unspecified atom stereocenters. The maximum atomic E-state index is 12.4. The number of nitrogens with zero attached hydrogens (tertiary/aromatic N) is 2. The van der Waals surface area contributed by atoms with E-state index in [9.17, 15) is 9.59 Å². The summed E-state index contributed by atoms with van der Waals surface area (Å²) in [6.07, 6.45) is 7.38. The molecule has 1 aromatic carbocycles. The number of hydrogen-bond donors (Lipinski definition) is 1. The molecule has 0 aliphatic carbocycles. The van der Waals surface area contributed by atoms with Crippen molar-refractivity contribution in [2.75, 3.05) is 36.0 Å². The van der Waals surface area contributed by atoms with Gasteiger partial charge in [0.25, 0.3) is 0 Å². The minimum atomic E-state index is -0.230. The summed E-state index contributed by atoms with van der Waals surface area (Å²) < 4.78 is 0. The lowest BCUT2D eigenvalue weighted by Gasteiger charge is -2.20. The van der Waals surface area contributed by atoms with Crippen LogP contribution in [0, 0.1) is 5.92 Å². The van der Waals surface area contributed by atoms with E-state index in [4.69, 9.17) is 0 Å². The summed E-state index contributed by atoms with van der Waals surface area (Å²) in [5, 5.41) is 3.00. The van der Waals surface area contributed by atoms with E-state index in [1.807, 2.05) is 12.1 Å². The molecule has 5 nitrogen and oxygen atoms in total. The normalized spacial score (nSPS) is 20.0. The van der Waals surface area contributed by atoms with Crippen molar-refractivity contribution >= 4 is 23.2 Å². The molecule has 3 rings (SSSR count). The van der Waals surface area contributed by atoms with Gasteiger partial charge in [0.05, 0.1) is 5.92 Å². The lowest BCUT2D eigenvalue weighted by atomic mass is 10.1. The molecule has 2 aliphatic rings. The van der Waals surface area contributed by atoms with Gasteiger partial charge in [0.2, 0.25) is 11.8 Å². The number of nitrogens with one attached hydrogen (secondary N) is 1. The number of unbranched alkanes of at least 4 members (excludes halogenated alkanes) is 3. The number of hydrogen-bond acceptors (Lipinski definition) is 3. The third-order valence-electron chi connectivity index (χ3n) is 5.46. The van der Waals surface area contributed by atoms with Crippen LogP contribution in [-0.4, -0.2) is 38.0 Å². The zero-order valence-corrected chi connectivity index (χ0v) is 15.9. The van der Waals surface area contributed by atoms with Crippen LogP contribution in [0.1, 0.15) is 51.9 Å². The molecule has 2 amide bonds. The highest BCUT2D eigenvalue weighted by molar-refractivity contribution is 6.00. The summed E-state index contributed by atoms with van der Waals surface area (Å²) in [6, 6.07) is 8.21. The minimum Gasteiger partial charge on any atom is -0.372 e. The predicted molar refractivity (Wildman–Crippen MR) is 106 cm³/mol. The lowest BCUT2D eigenvalue weighted by molar-refractivity contribution is -0.126. The van der Waals surface area contributed by atoms with E-state index in [0.29, 0.717) is 19.5 Å². The molecule has 1 aromatic rings. The zero-order valence-electron chi connectivity index (χ0n) is 15.9. The van der Waals surface area contributed by atoms with Crippen molar-refractivity contribution in [1.29, 1.82) is 0 Å². The number of amides is 2. The van der Waals surface area contributed by atoms with Crippen LogP contribution in [0.2, 0.25) is 0 Å². The van der Waals surface area contributed by atoms with Gasteiger partial charge < -0.3 is 15.1 Å². The Hall–Kier alpha value is -2.04. The van der Waals surface area contributed by atoms with Crippen molar-refractivity contribution in [2.24, 2.45) is 5.92 Å². The molecule has 1 atom stereocenters. The van der Waals surface area contributed by atoms with Crippen molar-refractivity contribution in [2.45, 2.75) is 51.9 Å². The third-order valence-corrected chi connectivity index (χ3v) is 5.46. The van der Waals surface area contributed by atoms with Gasteiger partial charge in [-0.3, -0.25) is 9.59 Å². The highest BCUT2D eigenvalue weighted by Gasteiger charge is 2.34. The molecule has 2 heterocycles. The molecule has 0 aromatic heterocycles. The van der Waals surface area contributed by atoms with Crippen LogP contribution in [0.25, 0.3) is 0 Å². The first-order valence-corrected chi connectivity index (χ1v) is 10.1. The summed E-state index contributed by atoms with van der Waals surface area (Å²) >= 11 is 0.